The smallest absolute Gasteiger partial charge is 0.123 e. The molecule has 1 unspecified atom stereocenters. The molecule has 1 aliphatic heterocycles. The molecule has 0 radical (unpaired) electrons. The molecule has 1 aromatic rings. The van der Waals surface area contributed by atoms with Crippen LogP contribution in [0, 0.1) is 5.82 Å². The van der Waals surface area contributed by atoms with Crippen LogP contribution < -0.4 is 10.6 Å². The first kappa shape index (κ1) is 13.3. The number of morpholine rings is 1. The number of rotatable bonds is 2. The van der Waals surface area contributed by atoms with Crippen molar-refractivity contribution >= 4 is 5.69 Å². The number of anilines is 1. The monoisotopic (exact) mass is 252 g/mol. The number of hydrogen-bond donors (Lipinski definition) is 1. The number of hydrogen-bond acceptors (Lipinski definition) is 3. The molecule has 100 valence electrons. The second-order valence-electron chi connectivity index (χ2n) is 5.55. The van der Waals surface area contributed by atoms with Crippen LogP contribution >= 0.6 is 0 Å². The molecule has 2 rings (SSSR count). The minimum Gasteiger partial charge on any atom is -0.369 e. The van der Waals surface area contributed by atoms with E-state index in [1.807, 2.05) is 6.07 Å². The first-order valence-electron chi connectivity index (χ1n) is 6.32. The average Bonchev–Trinajstić information content (AvgIpc) is 2.25. The zero-order valence-electron chi connectivity index (χ0n) is 11.2. The van der Waals surface area contributed by atoms with Crippen LogP contribution in [0.1, 0.15) is 26.3 Å². The maximum Gasteiger partial charge on any atom is 0.123 e. The molecule has 0 spiro atoms. The van der Waals surface area contributed by atoms with Crippen molar-refractivity contribution in [1.82, 2.24) is 0 Å². The standard InChI is InChI=1S/C14H21FN2O/c1-10-8-17(9-14(2,3)18-10)13-5-4-12(15)6-11(13)7-16/h4-6,10H,7-9,16H2,1-3H3. The first-order chi connectivity index (χ1) is 8.41. The predicted molar refractivity (Wildman–Crippen MR) is 71.1 cm³/mol. The van der Waals surface area contributed by atoms with E-state index in [1.54, 1.807) is 0 Å². The highest BCUT2D eigenvalue weighted by atomic mass is 19.1. The summed E-state index contributed by atoms with van der Waals surface area (Å²) in [6.07, 6.45) is 0.157. The summed E-state index contributed by atoms with van der Waals surface area (Å²) in [6.45, 7) is 8.14. The second-order valence-corrected chi connectivity index (χ2v) is 5.55. The van der Waals surface area contributed by atoms with Crippen LogP contribution in [-0.4, -0.2) is 24.8 Å². The minimum atomic E-state index is -0.236. The van der Waals surface area contributed by atoms with Gasteiger partial charge in [0.2, 0.25) is 0 Å². The third-order valence-corrected chi connectivity index (χ3v) is 3.17. The van der Waals surface area contributed by atoms with Crippen LogP contribution in [0.2, 0.25) is 0 Å². The number of ether oxygens (including phenoxy) is 1. The summed E-state index contributed by atoms with van der Waals surface area (Å²) in [5, 5.41) is 0. The SMILES string of the molecule is CC1CN(c2ccc(F)cc2CN)CC(C)(C)O1. The summed E-state index contributed by atoms with van der Waals surface area (Å²) < 4.78 is 19.1. The molecule has 2 N–H and O–H groups in total. The van der Waals surface area contributed by atoms with Gasteiger partial charge in [-0.05, 0) is 44.5 Å². The summed E-state index contributed by atoms with van der Waals surface area (Å²) in [7, 11) is 0. The van der Waals surface area contributed by atoms with Crippen LogP contribution in [0.4, 0.5) is 10.1 Å². The number of nitrogens with zero attached hydrogens (tertiary/aromatic N) is 1. The first-order valence-corrected chi connectivity index (χ1v) is 6.32. The van der Waals surface area contributed by atoms with Crippen molar-refractivity contribution in [3.05, 3.63) is 29.6 Å². The van der Waals surface area contributed by atoms with Crippen LogP contribution in [0.5, 0.6) is 0 Å². The van der Waals surface area contributed by atoms with Crippen LogP contribution in [0.3, 0.4) is 0 Å². The van der Waals surface area contributed by atoms with E-state index in [1.165, 1.54) is 12.1 Å². The summed E-state index contributed by atoms with van der Waals surface area (Å²) in [6, 6.07) is 4.82. The van der Waals surface area contributed by atoms with Crippen molar-refractivity contribution in [3.8, 4) is 0 Å². The van der Waals surface area contributed by atoms with E-state index in [0.717, 1.165) is 24.3 Å². The van der Waals surface area contributed by atoms with E-state index in [4.69, 9.17) is 10.5 Å². The molecule has 3 nitrogen and oxygen atoms in total. The zero-order valence-corrected chi connectivity index (χ0v) is 11.2. The average molecular weight is 252 g/mol. The number of benzene rings is 1. The van der Waals surface area contributed by atoms with Gasteiger partial charge >= 0.3 is 0 Å². The molecule has 1 aliphatic rings. The Morgan fingerprint density at radius 2 is 2.22 bits per heavy atom. The molecule has 1 fully saturated rings. The third kappa shape index (κ3) is 2.82. The van der Waals surface area contributed by atoms with Crippen molar-refractivity contribution in [1.29, 1.82) is 0 Å². The maximum absolute atomic E-state index is 13.2. The van der Waals surface area contributed by atoms with Gasteiger partial charge in [-0.25, -0.2) is 4.39 Å². The Bertz CT molecular complexity index is 434. The summed E-state index contributed by atoms with van der Waals surface area (Å²) in [5.74, 6) is -0.236. The van der Waals surface area contributed by atoms with Gasteiger partial charge in [-0.3, -0.25) is 0 Å². The molecule has 1 saturated heterocycles. The van der Waals surface area contributed by atoms with Gasteiger partial charge in [-0.1, -0.05) is 0 Å². The van der Waals surface area contributed by atoms with E-state index >= 15 is 0 Å². The van der Waals surface area contributed by atoms with E-state index in [2.05, 4.69) is 25.7 Å². The van der Waals surface area contributed by atoms with Crippen molar-refractivity contribution < 1.29 is 9.13 Å². The highest BCUT2D eigenvalue weighted by Crippen LogP contribution is 2.28. The molecule has 0 bridgehead atoms. The van der Waals surface area contributed by atoms with Crippen molar-refractivity contribution in [2.75, 3.05) is 18.0 Å². The van der Waals surface area contributed by atoms with Crippen LogP contribution in [0.15, 0.2) is 18.2 Å². The molecule has 4 heteroatoms. The normalized spacial score (nSPS) is 23.2. The van der Waals surface area contributed by atoms with Gasteiger partial charge in [0.05, 0.1) is 11.7 Å². The summed E-state index contributed by atoms with van der Waals surface area (Å²) >= 11 is 0. The number of nitrogens with two attached hydrogens (primary N) is 1. The fraction of sp³-hybridized carbons (Fsp3) is 0.571. The minimum absolute atomic E-state index is 0.157. The predicted octanol–water partition coefficient (Wildman–Crippen LogP) is 2.29. The van der Waals surface area contributed by atoms with Gasteiger partial charge in [-0.15, -0.1) is 0 Å². The molecule has 0 saturated carbocycles. The van der Waals surface area contributed by atoms with E-state index in [9.17, 15) is 4.39 Å². The highest BCUT2D eigenvalue weighted by molar-refractivity contribution is 5.54. The third-order valence-electron chi connectivity index (χ3n) is 3.17. The van der Waals surface area contributed by atoms with Crippen molar-refractivity contribution in [2.45, 2.75) is 39.0 Å². The molecule has 0 aliphatic carbocycles. The van der Waals surface area contributed by atoms with Gasteiger partial charge in [-0.2, -0.15) is 0 Å². The number of halogens is 1. The van der Waals surface area contributed by atoms with Gasteiger partial charge < -0.3 is 15.4 Å². The fourth-order valence-corrected chi connectivity index (χ4v) is 2.66. The van der Waals surface area contributed by atoms with Gasteiger partial charge in [0.15, 0.2) is 0 Å². The van der Waals surface area contributed by atoms with Crippen LogP contribution in [0.25, 0.3) is 0 Å². The maximum atomic E-state index is 13.2. The molecule has 1 aromatic carbocycles. The second kappa shape index (κ2) is 4.86. The molecule has 0 aromatic heterocycles. The lowest BCUT2D eigenvalue weighted by molar-refractivity contribution is -0.0750. The lowest BCUT2D eigenvalue weighted by atomic mass is 10.0. The zero-order chi connectivity index (χ0) is 13.3. The Labute approximate surface area is 108 Å². The highest BCUT2D eigenvalue weighted by Gasteiger charge is 2.32. The van der Waals surface area contributed by atoms with Gasteiger partial charge in [0.1, 0.15) is 5.82 Å². The molecule has 0 amide bonds. The molecule has 1 atom stereocenters. The van der Waals surface area contributed by atoms with Gasteiger partial charge in [0, 0.05) is 25.3 Å². The summed E-state index contributed by atoms with van der Waals surface area (Å²) in [5.41, 5.74) is 7.37. The Morgan fingerprint density at radius 3 is 2.83 bits per heavy atom. The summed E-state index contributed by atoms with van der Waals surface area (Å²) in [4.78, 5) is 2.23. The van der Waals surface area contributed by atoms with Crippen LogP contribution in [-0.2, 0) is 11.3 Å². The largest absolute Gasteiger partial charge is 0.369 e. The van der Waals surface area contributed by atoms with Crippen molar-refractivity contribution in [2.24, 2.45) is 5.73 Å². The Hall–Kier alpha value is -1.13. The quantitative estimate of drug-likeness (QED) is 0.877. The molecular formula is C14H21FN2O. The Morgan fingerprint density at radius 1 is 1.50 bits per heavy atom. The van der Waals surface area contributed by atoms with Gasteiger partial charge in [0.25, 0.3) is 0 Å². The molecular weight excluding hydrogens is 231 g/mol. The van der Waals surface area contributed by atoms with E-state index in [-0.39, 0.29) is 17.5 Å². The van der Waals surface area contributed by atoms with Crippen molar-refractivity contribution in [3.63, 3.8) is 0 Å². The molecule has 18 heavy (non-hydrogen) atoms. The Balaban J connectivity index is 2.30. The lowest BCUT2D eigenvalue weighted by Gasteiger charge is -2.43. The lowest BCUT2D eigenvalue weighted by Crippen LogP contribution is -2.52. The van der Waals surface area contributed by atoms with E-state index in [0.29, 0.717) is 6.54 Å². The topological polar surface area (TPSA) is 38.5 Å². The fourth-order valence-electron chi connectivity index (χ4n) is 2.66. The van der Waals surface area contributed by atoms with E-state index < -0.39 is 0 Å². The molecule has 1 heterocycles. The Kier molecular flexibility index (Phi) is 3.59.